The van der Waals surface area contributed by atoms with Crippen LogP contribution in [0, 0.1) is 11.7 Å². The van der Waals surface area contributed by atoms with Gasteiger partial charge < -0.3 is 15.4 Å². The minimum absolute atomic E-state index is 0.0213. The zero-order valence-electron chi connectivity index (χ0n) is 15.0. The van der Waals surface area contributed by atoms with Gasteiger partial charge in [-0.15, -0.1) is 0 Å². The number of hydrogen-bond acceptors (Lipinski definition) is 4. The standard InChI is InChI=1S/C18H25FN2O4/c1-5-11(2)16(18(24)25-4)21-17(23)15(20-12(3)22)10-13-8-6-7-9-14(13)19/h6-9,11,15-16H,5,10H2,1-4H3,(H,20,22)(H,21,23)/t11-,15+,16+/m1/s1. The largest absolute Gasteiger partial charge is 0.467 e. The van der Waals surface area contributed by atoms with E-state index in [-0.39, 0.29) is 12.3 Å². The van der Waals surface area contributed by atoms with E-state index in [1.54, 1.807) is 18.2 Å². The highest BCUT2D eigenvalue weighted by atomic mass is 19.1. The number of carbonyl (C=O) groups is 3. The van der Waals surface area contributed by atoms with Gasteiger partial charge in [-0.3, -0.25) is 9.59 Å². The fraction of sp³-hybridized carbons (Fsp3) is 0.500. The number of benzene rings is 1. The maximum atomic E-state index is 13.9. The molecule has 2 amide bonds. The van der Waals surface area contributed by atoms with E-state index in [0.717, 1.165) is 0 Å². The summed E-state index contributed by atoms with van der Waals surface area (Å²) in [7, 11) is 1.24. The second-order valence-electron chi connectivity index (χ2n) is 5.94. The molecule has 0 bridgehead atoms. The van der Waals surface area contributed by atoms with Crippen LogP contribution in [0.3, 0.4) is 0 Å². The Morgan fingerprint density at radius 3 is 2.36 bits per heavy atom. The average Bonchev–Trinajstić information content (AvgIpc) is 2.58. The summed E-state index contributed by atoms with van der Waals surface area (Å²) in [6, 6.07) is 4.20. The van der Waals surface area contributed by atoms with Crippen molar-refractivity contribution < 1.29 is 23.5 Å². The van der Waals surface area contributed by atoms with Crippen LogP contribution in [0.15, 0.2) is 24.3 Å². The van der Waals surface area contributed by atoms with Gasteiger partial charge in [0.15, 0.2) is 0 Å². The van der Waals surface area contributed by atoms with Gasteiger partial charge in [-0.2, -0.15) is 0 Å². The van der Waals surface area contributed by atoms with Crippen LogP contribution < -0.4 is 10.6 Å². The van der Waals surface area contributed by atoms with E-state index in [1.165, 1.54) is 20.1 Å². The molecule has 1 aromatic carbocycles. The monoisotopic (exact) mass is 352 g/mol. The Morgan fingerprint density at radius 1 is 1.20 bits per heavy atom. The molecule has 0 unspecified atom stereocenters. The summed E-state index contributed by atoms with van der Waals surface area (Å²) in [6.45, 7) is 4.97. The van der Waals surface area contributed by atoms with Gasteiger partial charge in [-0.25, -0.2) is 9.18 Å². The number of nitrogens with one attached hydrogen (secondary N) is 2. The molecular weight excluding hydrogens is 327 g/mol. The van der Waals surface area contributed by atoms with E-state index in [4.69, 9.17) is 4.74 Å². The van der Waals surface area contributed by atoms with Crippen LogP contribution in [0.5, 0.6) is 0 Å². The third-order valence-electron chi connectivity index (χ3n) is 4.04. The molecule has 0 spiro atoms. The minimum Gasteiger partial charge on any atom is -0.467 e. The van der Waals surface area contributed by atoms with Crippen molar-refractivity contribution in [3.8, 4) is 0 Å². The third kappa shape index (κ3) is 6.17. The predicted octanol–water partition coefficient (Wildman–Crippen LogP) is 1.58. The number of hydrogen-bond donors (Lipinski definition) is 2. The van der Waals surface area contributed by atoms with Gasteiger partial charge in [-0.1, -0.05) is 38.5 Å². The van der Waals surface area contributed by atoms with Gasteiger partial charge in [0.05, 0.1) is 7.11 Å². The summed E-state index contributed by atoms with van der Waals surface area (Å²) >= 11 is 0. The minimum atomic E-state index is -0.995. The van der Waals surface area contributed by atoms with Crippen molar-refractivity contribution >= 4 is 17.8 Å². The van der Waals surface area contributed by atoms with Crippen LogP contribution in [0.1, 0.15) is 32.8 Å². The highest BCUT2D eigenvalue weighted by Gasteiger charge is 2.30. The van der Waals surface area contributed by atoms with Crippen molar-refractivity contribution in [2.45, 2.75) is 45.7 Å². The normalized spacial score (nSPS) is 14.1. The van der Waals surface area contributed by atoms with Crippen molar-refractivity contribution in [1.82, 2.24) is 10.6 Å². The highest BCUT2D eigenvalue weighted by molar-refractivity contribution is 5.90. The van der Waals surface area contributed by atoms with Crippen molar-refractivity contribution in [2.24, 2.45) is 5.92 Å². The molecule has 0 fully saturated rings. The van der Waals surface area contributed by atoms with Crippen molar-refractivity contribution in [1.29, 1.82) is 0 Å². The molecule has 6 nitrogen and oxygen atoms in total. The molecule has 138 valence electrons. The number of halogens is 1. The van der Waals surface area contributed by atoms with Crippen LogP contribution >= 0.6 is 0 Å². The lowest BCUT2D eigenvalue weighted by atomic mass is 9.98. The third-order valence-corrected chi connectivity index (χ3v) is 4.04. The average molecular weight is 352 g/mol. The first-order valence-electron chi connectivity index (χ1n) is 8.18. The molecule has 0 aliphatic heterocycles. The topological polar surface area (TPSA) is 84.5 Å². The Morgan fingerprint density at radius 2 is 1.84 bits per heavy atom. The molecule has 1 aromatic rings. The lowest BCUT2D eigenvalue weighted by Crippen LogP contribution is -2.54. The molecule has 0 heterocycles. The summed E-state index contributed by atoms with van der Waals surface area (Å²) in [6.07, 6.45) is 0.630. The first-order valence-corrected chi connectivity index (χ1v) is 8.18. The number of ether oxygens (including phenoxy) is 1. The Kier molecular flexibility index (Phi) is 8.04. The second kappa shape index (κ2) is 9.76. The first kappa shape index (κ1) is 20.6. The van der Waals surface area contributed by atoms with Crippen LogP contribution in [-0.4, -0.2) is 37.0 Å². The summed E-state index contributed by atoms with van der Waals surface area (Å²) in [5, 5.41) is 5.12. The zero-order valence-corrected chi connectivity index (χ0v) is 15.0. The molecule has 1 rings (SSSR count). The molecule has 25 heavy (non-hydrogen) atoms. The summed E-state index contributed by atoms with van der Waals surface area (Å²) in [5.41, 5.74) is 0.301. The van der Waals surface area contributed by atoms with Crippen molar-refractivity contribution in [3.63, 3.8) is 0 Å². The van der Waals surface area contributed by atoms with Crippen LogP contribution in [0.4, 0.5) is 4.39 Å². The van der Waals surface area contributed by atoms with E-state index >= 15 is 0 Å². The maximum absolute atomic E-state index is 13.9. The fourth-order valence-corrected chi connectivity index (χ4v) is 2.39. The highest BCUT2D eigenvalue weighted by Crippen LogP contribution is 2.12. The molecule has 3 atom stereocenters. The van der Waals surface area contributed by atoms with E-state index in [1.807, 2.05) is 13.8 Å². The van der Waals surface area contributed by atoms with E-state index < -0.39 is 35.7 Å². The number of carbonyl (C=O) groups excluding carboxylic acids is 3. The number of amides is 2. The Balaban J connectivity index is 2.97. The summed E-state index contributed by atoms with van der Waals surface area (Å²) < 4.78 is 18.6. The van der Waals surface area contributed by atoms with Gasteiger partial charge in [0.2, 0.25) is 11.8 Å². The zero-order chi connectivity index (χ0) is 19.0. The van der Waals surface area contributed by atoms with Crippen LogP contribution in [0.2, 0.25) is 0 Å². The molecule has 0 saturated heterocycles. The van der Waals surface area contributed by atoms with Crippen LogP contribution in [0.25, 0.3) is 0 Å². The molecule has 0 aliphatic carbocycles. The molecule has 7 heteroatoms. The van der Waals surface area contributed by atoms with Gasteiger partial charge in [0, 0.05) is 13.3 Å². The van der Waals surface area contributed by atoms with E-state index in [9.17, 15) is 18.8 Å². The smallest absolute Gasteiger partial charge is 0.328 e. The lowest BCUT2D eigenvalue weighted by Gasteiger charge is -2.25. The number of esters is 1. The molecular formula is C18H25FN2O4. The SMILES string of the molecule is CC[C@@H](C)[C@H](NC(=O)[C@H](Cc1ccccc1F)NC(C)=O)C(=O)OC. The maximum Gasteiger partial charge on any atom is 0.328 e. The van der Waals surface area contributed by atoms with Crippen LogP contribution in [-0.2, 0) is 25.5 Å². The molecule has 2 N–H and O–H groups in total. The van der Waals surface area contributed by atoms with Gasteiger partial charge in [-0.05, 0) is 17.5 Å². The van der Waals surface area contributed by atoms with Crippen molar-refractivity contribution in [3.05, 3.63) is 35.6 Å². The fourth-order valence-electron chi connectivity index (χ4n) is 2.39. The molecule has 0 radical (unpaired) electrons. The van der Waals surface area contributed by atoms with Gasteiger partial charge >= 0.3 is 5.97 Å². The second-order valence-corrected chi connectivity index (χ2v) is 5.94. The molecule has 0 aromatic heterocycles. The first-order chi connectivity index (χ1) is 11.8. The van der Waals surface area contributed by atoms with Gasteiger partial charge in [0.25, 0.3) is 0 Å². The van der Waals surface area contributed by atoms with Crippen molar-refractivity contribution in [2.75, 3.05) is 7.11 Å². The van der Waals surface area contributed by atoms with E-state index in [2.05, 4.69) is 10.6 Å². The Bertz CT molecular complexity index is 621. The number of rotatable bonds is 8. The Labute approximate surface area is 147 Å². The number of methoxy groups -OCH3 is 1. The van der Waals surface area contributed by atoms with Gasteiger partial charge in [0.1, 0.15) is 17.9 Å². The molecule has 0 saturated carbocycles. The quantitative estimate of drug-likeness (QED) is 0.696. The Hall–Kier alpha value is -2.44. The summed E-state index contributed by atoms with van der Waals surface area (Å²) in [4.78, 5) is 35.9. The predicted molar refractivity (Wildman–Crippen MR) is 91.1 cm³/mol. The lowest BCUT2D eigenvalue weighted by molar-refractivity contribution is -0.146. The van der Waals surface area contributed by atoms with E-state index in [0.29, 0.717) is 12.0 Å². The molecule has 0 aliphatic rings. The summed E-state index contributed by atoms with van der Waals surface area (Å²) in [5.74, 6) is -2.15.